The molecule has 20 heavy (non-hydrogen) atoms. The van der Waals surface area contributed by atoms with E-state index in [0.717, 1.165) is 0 Å². The summed E-state index contributed by atoms with van der Waals surface area (Å²) in [5.41, 5.74) is 1.21. The largest absolute Gasteiger partial charge is 0.244 e. The molecule has 2 aromatic heterocycles. The van der Waals surface area contributed by atoms with Crippen LogP contribution in [0.25, 0.3) is 0 Å². The molecule has 4 nitrogen and oxygen atoms in total. The smallest absolute Gasteiger partial charge is 0.130 e. The monoisotopic (exact) mass is 346 g/mol. The fourth-order valence-electron chi connectivity index (χ4n) is 1.22. The lowest BCUT2D eigenvalue weighted by atomic mass is 10.3. The lowest BCUT2D eigenvalue weighted by Gasteiger charge is -1.96. The van der Waals surface area contributed by atoms with E-state index in [4.69, 9.17) is 46.4 Å². The average molecular weight is 348 g/mol. The zero-order valence-electron chi connectivity index (χ0n) is 9.76. The summed E-state index contributed by atoms with van der Waals surface area (Å²) < 4.78 is 0. The van der Waals surface area contributed by atoms with Crippen molar-refractivity contribution >= 4 is 58.8 Å². The van der Waals surface area contributed by atoms with Crippen LogP contribution in [0.3, 0.4) is 0 Å². The van der Waals surface area contributed by atoms with Crippen molar-refractivity contribution in [1.82, 2.24) is 9.97 Å². The summed E-state index contributed by atoms with van der Waals surface area (Å²) in [5.74, 6) is 0. The first-order chi connectivity index (χ1) is 9.56. The maximum absolute atomic E-state index is 5.95. The molecule has 0 radical (unpaired) electrons. The molecule has 0 fully saturated rings. The number of hydrogen-bond acceptors (Lipinski definition) is 4. The molecular weight excluding hydrogens is 342 g/mol. The third-order valence-corrected chi connectivity index (χ3v) is 3.23. The minimum atomic E-state index is 0.315. The first kappa shape index (κ1) is 15.2. The second-order valence-corrected chi connectivity index (χ2v) is 5.14. The Hall–Kier alpha value is -1.20. The Morgan fingerprint density at radius 1 is 0.750 bits per heavy atom. The number of hydrogen-bond donors (Lipinski definition) is 0. The van der Waals surface area contributed by atoms with Crippen molar-refractivity contribution in [2.45, 2.75) is 0 Å². The maximum atomic E-state index is 5.95. The quantitative estimate of drug-likeness (QED) is 0.464. The number of rotatable bonds is 3. The molecule has 2 rings (SSSR count). The molecule has 0 atom stereocenters. The van der Waals surface area contributed by atoms with Gasteiger partial charge in [0.05, 0.1) is 22.5 Å². The van der Waals surface area contributed by atoms with Gasteiger partial charge in [0.25, 0.3) is 0 Å². The van der Waals surface area contributed by atoms with Crippen LogP contribution < -0.4 is 0 Å². The van der Waals surface area contributed by atoms with Crippen LogP contribution in [-0.4, -0.2) is 22.4 Å². The highest BCUT2D eigenvalue weighted by Crippen LogP contribution is 2.18. The SMILES string of the molecule is Clc1cc(Cl)c(C=NN=Cc2cnc(Cl)cc2Cl)cn1. The van der Waals surface area contributed by atoms with Crippen LogP contribution in [-0.2, 0) is 0 Å². The molecule has 0 aliphatic heterocycles. The molecule has 2 aromatic rings. The summed E-state index contributed by atoms with van der Waals surface area (Å²) in [6, 6.07) is 3.04. The summed E-state index contributed by atoms with van der Waals surface area (Å²) in [5, 5.41) is 9.21. The Morgan fingerprint density at radius 3 is 1.50 bits per heavy atom. The number of halogens is 4. The minimum Gasteiger partial charge on any atom is -0.244 e. The second-order valence-electron chi connectivity index (χ2n) is 3.55. The van der Waals surface area contributed by atoms with Gasteiger partial charge in [0, 0.05) is 23.5 Å². The Labute approximate surface area is 135 Å². The van der Waals surface area contributed by atoms with Gasteiger partial charge >= 0.3 is 0 Å². The molecule has 2 heterocycles. The fraction of sp³-hybridized carbons (Fsp3) is 0. The average Bonchev–Trinajstić information content (AvgIpc) is 2.39. The first-order valence-corrected chi connectivity index (χ1v) is 6.76. The number of aromatic nitrogens is 2. The van der Waals surface area contributed by atoms with E-state index >= 15 is 0 Å². The van der Waals surface area contributed by atoms with Crippen LogP contribution in [0, 0.1) is 0 Å². The molecule has 0 unspecified atom stereocenters. The van der Waals surface area contributed by atoms with Gasteiger partial charge in [-0.15, -0.1) is 0 Å². The van der Waals surface area contributed by atoms with E-state index in [-0.39, 0.29) is 0 Å². The highest BCUT2D eigenvalue weighted by molar-refractivity contribution is 6.36. The molecule has 0 spiro atoms. The number of pyridine rings is 2. The van der Waals surface area contributed by atoms with Crippen molar-refractivity contribution in [2.24, 2.45) is 10.2 Å². The topological polar surface area (TPSA) is 50.5 Å². The minimum absolute atomic E-state index is 0.315. The Bertz CT molecular complexity index is 626. The molecule has 8 heteroatoms. The third kappa shape index (κ3) is 4.15. The predicted octanol–water partition coefficient (Wildman–Crippen LogP) is 4.54. The van der Waals surface area contributed by atoms with Crippen molar-refractivity contribution in [1.29, 1.82) is 0 Å². The van der Waals surface area contributed by atoms with Crippen LogP contribution in [0.1, 0.15) is 11.1 Å². The molecule has 0 amide bonds. The summed E-state index contributed by atoms with van der Waals surface area (Å²) in [4.78, 5) is 7.79. The maximum Gasteiger partial charge on any atom is 0.130 e. The van der Waals surface area contributed by atoms with Crippen LogP contribution >= 0.6 is 46.4 Å². The zero-order chi connectivity index (χ0) is 14.5. The van der Waals surface area contributed by atoms with E-state index in [2.05, 4.69) is 20.2 Å². The molecule has 0 aliphatic carbocycles. The molecular formula is C12H6Cl4N4. The van der Waals surface area contributed by atoms with Gasteiger partial charge in [0.15, 0.2) is 0 Å². The van der Waals surface area contributed by atoms with Gasteiger partial charge in [-0.05, 0) is 12.1 Å². The van der Waals surface area contributed by atoms with Crippen LogP contribution in [0.2, 0.25) is 20.4 Å². The Morgan fingerprint density at radius 2 is 1.15 bits per heavy atom. The highest BCUT2D eigenvalue weighted by Gasteiger charge is 2.00. The summed E-state index contributed by atoms with van der Waals surface area (Å²) >= 11 is 23.3. The van der Waals surface area contributed by atoms with Crippen LogP contribution in [0.5, 0.6) is 0 Å². The second kappa shape index (κ2) is 6.99. The third-order valence-electron chi connectivity index (χ3n) is 2.16. The highest BCUT2D eigenvalue weighted by atomic mass is 35.5. The zero-order valence-corrected chi connectivity index (χ0v) is 12.8. The van der Waals surface area contributed by atoms with Gasteiger partial charge in [-0.3, -0.25) is 0 Å². The lowest BCUT2D eigenvalue weighted by molar-refractivity contribution is 1.25. The fourth-order valence-corrected chi connectivity index (χ4v) is 2.05. The molecule has 0 aromatic carbocycles. The number of nitrogens with zero attached hydrogens (tertiary/aromatic N) is 4. The molecule has 0 saturated carbocycles. The van der Waals surface area contributed by atoms with Gasteiger partial charge in [-0.2, -0.15) is 10.2 Å². The van der Waals surface area contributed by atoms with Crippen LogP contribution in [0.4, 0.5) is 0 Å². The van der Waals surface area contributed by atoms with Crippen LogP contribution in [0.15, 0.2) is 34.7 Å². The van der Waals surface area contributed by atoms with E-state index < -0.39 is 0 Å². The van der Waals surface area contributed by atoms with Crippen molar-refractivity contribution in [3.05, 3.63) is 56.0 Å². The normalized spacial score (nSPS) is 11.6. The molecule has 0 bridgehead atoms. The van der Waals surface area contributed by atoms with E-state index in [1.807, 2.05) is 0 Å². The standard InChI is InChI=1S/C12H6Cl4N4/c13-9-1-11(15)17-3-7(9)5-19-20-6-8-4-18-12(16)2-10(8)14/h1-6H. The van der Waals surface area contributed by atoms with E-state index in [0.29, 0.717) is 31.5 Å². The molecule has 102 valence electrons. The van der Waals surface area contributed by atoms with Gasteiger partial charge in [0.2, 0.25) is 0 Å². The van der Waals surface area contributed by atoms with Gasteiger partial charge in [-0.1, -0.05) is 46.4 Å². The van der Waals surface area contributed by atoms with Gasteiger partial charge in [0.1, 0.15) is 10.3 Å². The Balaban J connectivity index is 2.11. The molecule has 0 aliphatic rings. The summed E-state index contributed by atoms with van der Waals surface area (Å²) in [6.45, 7) is 0. The van der Waals surface area contributed by atoms with Crippen molar-refractivity contribution in [3.63, 3.8) is 0 Å². The molecule has 0 saturated heterocycles. The molecule has 0 N–H and O–H groups in total. The van der Waals surface area contributed by atoms with Gasteiger partial charge in [-0.25, -0.2) is 9.97 Å². The summed E-state index contributed by atoms with van der Waals surface area (Å²) in [6.07, 6.45) is 5.92. The van der Waals surface area contributed by atoms with E-state index in [1.54, 1.807) is 0 Å². The predicted molar refractivity (Wildman–Crippen MR) is 83.7 cm³/mol. The van der Waals surface area contributed by atoms with Gasteiger partial charge < -0.3 is 0 Å². The summed E-state index contributed by atoms with van der Waals surface area (Å²) in [7, 11) is 0. The Kier molecular flexibility index (Phi) is 5.31. The van der Waals surface area contributed by atoms with E-state index in [1.165, 1.54) is 37.0 Å². The van der Waals surface area contributed by atoms with Crippen molar-refractivity contribution in [2.75, 3.05) is 0 Å². The van der Waals surface area contributed by atoms with Crippen molar-refractivity contribution < 1.29 is 0 Å². The first-order valence-electron chi connectivity index (χ1n) is 5.25. The van der Waals surface area contributed by atoms with E-state index in [9.17, 15) is 0 Å². The lowest BCUT2D eigenvalue weighted by Crippen LogP contribution is -1.87. The van der Waals surface area contributed by atoms with Crippen molar-refractivity contribution in [3.8, 4) is 0 Å².